The molecule has 0 spiro atoms. The Morgan fingerprint density at radius 3 is 2.76 bits per heavy atom. The third-order valence-corrected chi connectivity index (χ3v) is 2.99. The molecule has 0 aliphatic rings. The maximum absolute atomic E-state index is 12.0. The first-order chi connectivity index (χ1) is 11.7. The number of aromatic hydroxyl groups is 1. The Balaban J connectivity index is 2.25. The third-order valence-electron chi connectivity index (χ3n) is 2.99. The number of hydroxylamine groups is 1. The van der Waals surface area contributed by atoms with Gasteiger partial charge < -0.3 is 15.9 Å². The molecule has 2 aromatic rings. The number of aliphatic hydroxyl groups is 1. The van der Waals surface area contributed by atoms with E-state index in [1.165, 1.54) is 19.9 Å². The fourth-order valence-corrected chi connectivity index (χ4v) is 1.87. The summed E-state index contributed by atoms with van der Waals surface area (Å²) >= 11 is 0. The number of aromatic nitrogens is 2. The Kier molecular flexibility index (Phi) is 5.17. The molecule has 0 fully saturated rings. The Morgan fingerprint density at radius 2 is 2.16 bits per heavy atom. The molecule has 0 bridgehead atoms. The Morgan fingerprint density at radius 1 is 1.44 bits per heavy atom. The van der Waals surface area contributed by atoms with Crippen molar-refractivity contribution in [2.24, 2.45) is 0 Å². The topological polar surface area (TPSA) is 154 Å². The zero-order valence-electron chi connectivity index (χ0n) is 13.6. The van der Waals surface area contributed by atoms with Crippen LogP contribution >= 0.6 is 0 Å². The molecule has 1 aromatic carbocycles. The minimum atomic E-state index is -1.15. The number of nitrogens with zero attached hydrogens (tertiary/aromatic N) is 3. The molecule has 0 unspecified atom stereocenters. The zero-order chi connectivity index (χ0) is 18.6. The lowest BCUT2D eigenvalue weighted by molar-refractivity contribution is -0.0523. The molecule has 0 radical (unpaired) electrons. The van der Waals surface area contributed by atoms with Crippen LogP contribution in [0.15, 0.2) is 24.3 Å². The van der Waals surface area contributed by atoms with Crippen LogP contribution in [0.3, 0.4) is 0 Å². The molecule has 5 N–H and O–H groups in total. The van der Waals surface area contributed by atoms with Gasteiger partial charge in [0.15, 0.2) is 5.82 Å². The number of nitrogens with one attached hydrogen (secondary N) is 1. The van der Waals surface area contributed by atoms with Crippen molar-refractivity contribution in [3.8, 4) is 23.3 Å². The fourth-order valence-electron chi connectivity index (χ4n) is 1.87. The number of hydrogen-bond acceptors (Lipinski definition) is 8. The van der Waals surface area contributed by atoms with Crippen LogP contribution in [0.5, 0.6) is 5.88 Å². The highest BCUT2D eigenvalue weighted by atomic mass is 16.7. The summed E-state index contributed by atoms with van der Waals surface area (Å²) in [5.74, 6) is -1.67. The number of carbonyl (C=O) groups is 1. The lowest BCUT2D eigenvalue weighted by Gasteiger charge is -2.17. The lowest BCUT2D eigenvalue weighted by Crippen LogP contribution is -2.33. The summed E-state index contributed by atoms with van der Waals surface area (Å²) in [6.07, 6.45) is 0. The molecule has 130 valence electrons. The standard InChI is InChI=1S/C16H17N5O4/c1-16(2,24)8-25-21-15(23)11-12(18)19-13(20-14(11)22)10-5-3-4-9(6-10)7-17/h3-6,24H,8H2,1-2H3,(H,21,23)(H3,18,19,20,22). The molecule has 9 heteroatoms. The molecular formula is C16H17N5O4. The monoisotopic (exact) mass is 343 g/mol. The van der Waals surface area contributed by atoms with Gasteiger partial charge in [-0.15, -0.1) is 0 Å². The number of nitrogen functional groups attached to an aromatic ring is 1. The summed E-state index contributed by atoms with van der Waals surface area (Å²) < 4.78 is 0. The van der Waals surface area contributed by atoms with Crippen molar-refractivity contribution < 1.29 is 19.8 Å². The maximum Gasteiger partial charge on any atom is 0.284 e. The van der Waals surface area contributed by atoms with Gasteiger partial charge in [-0.2, -0.15) is 10.2 Å². The van der Waals surface area contributed by atoms with Gasteiger partial charge in [0.25, 0.3) is 5.91 Å². The normalized spacial score (nSPS) is 11.0. The second-order valence-electron chi connectivity index (χ2n) is 5.86. The molecule has 1 amide bonds. The molecule has 0 aliphatic heterocycles. The van der Waals surface area contributed by atoms with Gasteiger partial charge in [0, 0.05) is 5.56 Å². The van der Waals surface area contributed by atoms with E-state index in [1.807, 2.05) is 6.07 Å². The van der Waals surface area contributed by atoms with Gasteiger partial charge in [0.05, 0.1) is 17.2 Å². The molecule has 25 heavy (non-hydrogen) atoms. The Labute approximate surface area is 143 Å². The van der Waals surface area contributed by atoms with Crippen LogP contribution in [0.2, 0.25) is 0 Å². The van der Waals surface area contributed by atoms with Crippen molar-refractivity contribution >= 4 is 11.7 Å². The second kappa shape index (κ2) is 7.12. The van der Waals surface area contributed by atoms with E-state index >= 15 is 0 Å². The van der Waals surface area contributed by atoms with Gasteiger partial charge in [-0.25, -0.2) is 10.5 Å². The van der Waals surface area contributed by atoms with E-state index in [4.69, 9.17) is 15.8 Å². The van der Waals surface area contributed by atoms with Crippen molar-refractivity contribution in [2.75, 3.05) is 12.3 Å². The summed E-state index contributed by atoms with van der Waals surface area (Å²) in [6, 6.07) is 8.39. The number of hydrogen-bond donors (Lipinski definition) is 4. The van der Waals surface area contributed by atoms with E-state index in [-0.39, 0.29) is 23.8 Å². The lowest BCUT2D eigenvalue weighted by atomic mass is 10.1. The summed E-state index contributed by atoms with van der Waals surface area (Å²) in [5.41, 5.74) is 7.16. The van der Waals surface area contributed by atoms with Crippen LogP contribution in [0.25, 0.3) is 11.4 Å². The van der Waals surface area contributed by atoms with E-state index in [0.29, 0.717) is 11.1 Å². The Bertz CT molecular complexity index is 816. The average molecular weight is 343 g/mol. The summed E-state index contributed by atoms with van der Waals surface area (Å²) in [4.78, 5) is 24.7. The average Bonchev–Trinajstić information content (AvgIpc) is 2.53. The molecule has 1 heterocycles. The van der Waals surface area contributed by atoms with Crippen LogP contribution in [0.1, 0.15) is 29.8 Å². The van der Waals surface area contributed by atoms with E-state index in [1.54, 1.807) is 18.2 Å². The predicted molar refractivity (Wildman–Crippen MR) is 88.0 cm³/mol. The number of nitrogens with two attached hydrogens (primary N) is 1. The molecule has 0 saturated heterocycles. The quantitative estimate of drug-likeness (QED) is 0.579. The summed E-state index contributed by atoms with van der Waals surface area (Å²) in [6.45, 7) is 2.83. The van der Waals surface area contributed by atoms with E-state index in [9.17, 15) is 15.0 Å². The van der Waals surface area contributed by atoms with Crippen LogP contribution in [0, 0.1) is 11.3 Å². The van der Waals surface area contributed by atoms with Gasteiger partial charge in [0.1, 0.15) is 18.0 Å². The van der Waals surface area contributed by atoms with Gasteiger partial charge in [0.2, 0.25) is 5.88 Å². The Hall–Kier alpha value is -3.22. The molecule has 9 nitrogen and oxygen atoms in total. The van der Waals surface area contributed by atoms with Crippen molar-refractivity contribution in [2.45, 2.75) is 19.4 Å². The van der Waals surface area contributed by atoms with Crippen molar-refractivity contribution in [3.63, 3.8) is 0 Å². The van der Waals surface area contributed by atoms with Crippen LogP contribution in [0.4, 0.5) is 5.82 Å². The predicted octanol–water partition coefficient (Wildman–Crippen LogP) is 0.735. The number of nitriles is 1. The van der Waals surface area contributed by atoms with Crippen LogP contribution in [-0.4, -0.2) is 38.3 Å². The third kappa shape index (κ3) is 4.63. The van der Waals surface area contributed by atoms with Crippen LogP contribution < -0.4 is 11.2 Å². The van der Waals surface area contributed by atoms with Gasteiger partial charge in [-0.1, -0.05) is 12.1 Å². The molecular weight excluding hydrogens is 326 g/mol. The SMILES string of the molecule is CC(C)(O)CONC(=O)c1c(N)nc(-c2cccc(C#N)c2)nc1O. The number of rotatable bonds is 5. The molecule has 0 atom stereocenters. The molecule has 1 aromatic heterocycles. The highest BCUT2D eigenvalue weighted by Crippen LogP contribution is 2.25. The van der Waals surface area contributed by atoms with E-state index in [0.717, 1.165) is 0 Å². The molecule has 2 rings (SSSR count). The smallest absolute Gasteiger partial charge is 0.284 e. The number of carbonyl (C=O) groups excluding carboxylic acids is 1. The summed E-state index contributed by atoms with van der Waals surface area (Å²) in [5, 5.41) is 28.5. The minimum absolute atomic E-state index is 0.0704. The minimum Gasteiger partial charge on any atom is -0.493 e. The van der Waals surface area contributed by atoms with Crippen LogP contribution in [-0.2, 0) is 4.84 Å². The van der Waals surface area contributed by atoms with Crippen molar-refractivity contribution in [1.29, 1.82) is 5.26 Å². The van der Waals surface area contributed by atoms with Crippen molar-refractivity contribution in [1.82, 2.24) is 15.4 Å². The highest BCUT2D eigenvalue weighted by Gasteiger charge is 2.21. The molecule has 0 aliphatic carbocycles. The largest absolute Gasteiger partial charge is 0.493 e. The number of anilines is 1. The maximum atomic E-state index is 12.0. The first kappa shape index (κ1) is 18.1. The van der Waals surface area contributed by atoms with Crippen molar-refractivity contribution in [3.05, 3.63) is 35.4 Å². The highest BCUT2D eigenvalue weighted by molar-refractivity contribution is 6.00. The first-order valence-electron chi connectivity index (χ1n) is 7.23. The summed E-state index contributed by atoms with van der Waals surface area (Å²) in [7, 11) is 0. The van der Waals surface area contributed by atoms with Gasteiger partial charge in [-0.05, 0) is 26.0 Å². The molecule has 0 saturated carbocycles. The first-order valence-corrected chi connectivity index (χ1v) is 7.23. The number of benzene rings is 1. The van der Waals surface area contributed by atoms with Gasteiger partial charge >= 0.3 is 0 Å². The van der Waals surface area contributed by atoms with E-state index < -0.39 is 17.4 Å². The fraction of sp³-hybridized carbons (Fsp3) is 0.250. The van der Waals surface area contributed by atoms with Gasteiger partial charge in [-0.3, -0.25) is 9.63 Å². The van der Waals surface area contributed by atoms with E-state index in [2.05, 4.69) is 15.4 Å². The zero-order valence-corrected chi connectivity index (χ0v) is 13.6. The second-order valence-corrected chi connectivity index (χ2v) is 5.86. The number of amides is 1.